The predicted molar refractivity (Wildman–Crippen MR) is 137 cm³/mol. The average molecular weight is 480 g/mol. The first-order valence-electron chi connectivity index (χ1n) is 12.1. The summed E-state index contributed by atoms with van der Waals surface area (Å²) in [5.41, 5.74) is 1.89. The molecule has 0 bridgehead atoms. The Kier molecular flexibility index (Phi) is 8.41. The fourth-order valence-electron chi connectivity index (χ4n) is 4.99. The molecule has 3 aromatic carbocycles. The van der Waals surface area contributed by atoms with Crippen LogP contribution in [0.3, 0.4) is 0 Å². The van der Waals surface area contributed by atoms with Crippen molar-refractivity contribution in [1.29, 1.82) is 0 Å². The number of β-amino-alcohol motifs (C(OH)–C–C–N with tert-alkyl or cyclic N) is 1. The zero-order chi connectivity index (χ0) is 24.0. The molecule has 1 fully saturated rings. The second-order valence-corrected chi connectivity index (χ2v) is 9.69. The smallest absolute Gasteiger partial charge is 0.117 e. The number of aliphatic hydroxyl groups is 2. The van der Waals surface area contributed by atoms with Crippen molar-refractivity contribution in [3.63, 3.8) is 0 Å². The van der Waals surface area contributed by atoms with Crippen molar-refractivity contribution < 1.29 is 14.9 Å². The van der Waals surface area contributed by atoms with Gasteiger partial charge in [-0.05, 0) is 67.6 Å². The molecule has 0 spiro atoms. The molecular weight excluding hydrogens is 446 g/mol. The average Bonchev–Trinajstić information content (AvgIpc) is 2.88. The normalized spacial score (nSPS) is 17.4. The maximum Gasteiger partial charge on any atom is 0.117 e. The van der Waals surface area contributed by atoms with Gasteiger partial charge in [0.05, 0.1) is 18.8 Å². The number of aliphatic hydroxyl groups excluding tert-OH is 1. The maximum absolute atomic E-state index is 12.0. The number of likely N-dealkylation sites (tertiary alicyclic amines) is 1. The summed E-state index contributed by atoms with van der Waals surface area (Å²) in [5, 5.41) is 23.3. The Morgan fingerprint density at radius 1 is 0.912 bits per heavy atom. The van der Waals surface area contributed by atoms with Crippen LogP contribution in [0, 0.1) is 5.92 Å². The molecule has 3 aromatic rings. The molecule has 1 aliphatic rings. The lowest BCUT2D eigenvalue weighted by atomic mass is 9.72. The van der Waals surface area contributed by atoms with E-state index < -0.39 is 11.7 Å². The van der Waals surface area contributed by atoms with Crippen LogP contribution in [0.2, 0.25) is 5.02 Å². The summed E-state index contributed by atoms with van der Waals surface area (Å²) in [6.07, 6.45) is 1.04. The van der Waals surface area contributed by atoms with Crippen molar-refractivity contribution in [2.75, 3.05) is 26.2 Å². The molecule has 0 saturated carbocycles. The quantitative estimate of drug-likeness (QED) is 0.430. The Morgan fingerprint density at radius 2 is 1.44 bits per heavy atom. The number of halogens is 1. The third-order valence-electron chi connectivity index (χ3n) is 6.95. The molecule has 1 heterocycles. The lowest BCUT2D eigenvalue weighted by Crippen LogP contribution is -2.46. The Hall–Kier alpha value is -2.21. The van der Waals surface area contributed by atoms with E-state index in [0.717, 1.165) is 42.6 Å². The highest BCUT2D eigenvalue weighted by atomic mass is 35.5. The van der Waals surface area contributed by atoms with Crippen LogP contribution in [-0.4, -0.2) is 47.5 Å². The van der Waals surface area contributed by atoms with Gasteiger partial charge >= 0.3 is 0 Å². The zero-order valence-electron chi connectivity index (χ0n) is 19.7. The summed E-state index contributed by atoms with van der Waals surface area (Å²) in [6, 6.07) is 27.6. The number of hydrogen-bond donors (Lipinski definition) is 2. The van der Waals surface area contributed by atoms with Gasteiger partial charge in [-0.2, -0.15) is 0 Å². The summed E-state index contributed by atoms with van der Waals surface area (Å²) < 4.78 is 5.90. The third-order valence-corrected chi connectivity index (χ3v) is 7.21. The Labute approximate surface area is 207 Å². The van der Waals surface area contributed by atoms with Crippen LogP contribution in [0.4, 0.5) is 0 Å². The maximum atomic E-state index is 12.0. The zero-order valence-corrected chi connectivity index (χ0v) is 20.4. The van der Waals surface area contributed by atoms with E-state index in [-0.39, 0.29) is 18.6 Å². The Morgan fingerprint density at radius 3 is 1.97 bits per heavy atom. The number of rotatable bonds is 9. The van der Waals surface area contributed by atoms with Gasteiger partial charge in [0.15, 0.2) is 0 Å². The number of ether oxygens (including phenoxy) is 1. The van der Waals surface area contributed by atoms with Gasteiger partial charge in [0, 0.05) is 11.6 Å². The third kappa shape index (κ3) is 5.88. The fourth-order valence-corrected chi connectivity index (χ4v) is 5.12. The highest BCUT2D eigenvalue weighted by Crippen LogP contribution is 2.41. The first-order valence-corrected chi connectivity index (χ1v) is 12.5. The van der Waals surface area contributed by atoms with Gasteiger partial charge in [-0.25, -0.2) is 0 Å². The van der Waals surface area contributed by atoms with Crippen LogP contribution in [0.5, 0.6) is 0 Å². The summed E-state index contributed by atoms with van der Waals surface area (Å²) in [4.78, 5) is 2.27. The minimum atomic E-state index is -1.02. The van der Waals surface area contributed by atoms with E-state index in [1.807, 2.05) is 91.9 Å². The molecule has 4 nitrogen and oxygen atoms in total. The van der Waals surface area contributed by atoms with Gasteiger partial charge in [0.25, 0.3) is 0 Å². The van der Waals surface area contributed by atoms with Crippen LogP contribution in [0.1, 0.15) is 42.6 Å². The number of hydrogen-bond acceptors (Lipinski definition) is 4. The van der Waals surface area contributed by atoms with Gasteiger partial charge in [-0.1, -0.05) is 84.4 Å². The first-order chi connectivity index (χ1) is 16.5. The molecule has 0 aromatic heterocycles. The predicted octanol–water partition coefficient (Wildman–Crippen LogP) is 5.43. The van der Waals surface area contributed by atoms with Crippen LogP contribution >= 0.6 is 11.6 Å². The molecular formula is C29H34ClNO3. The first kappa shape index (κ1) is 24.9. The highest BCUT2D eigenvalue weighted by molar-refractivity contribution is 6.30. The van der Waals surface area contributed by atoms with E-state index in [2.05, 4.69) is 4.90 Å². The fraction of sp³-hybridized carbons (Fsp3) is 0.379. The van der Waals surface area contributed by atoms with Crippen LogP contribution in [0.15, 0.2) is 84.9 Å². The van der Waals surface area contributed by atoms with E-state index in [4.69, 9.17) is 16.3 Å². The molecule has 1 saturated heterocycles. The molecule has 0 aliphatic carbocycles. The van der Waals surface area contributed by atoms with Gasteiger partial charge in [-0.3, -0.25) is 0 Å². The molecule has 180 valence electrons. The Bertz CT molecular complexity index is 965. The van der Waals surface area contributed by atoms with E-state index in [1.54, 1.807) is 0 Å². The molecule has 4 rings (SSSR count). The molecule has 1 aliphatic heterocycles. The van der Waals surface area contributed by atoms with Crippen molar-refractivity contribution in [2.45, 2.75) is 37.6 Å². The SMILES string of the molecule is C[C@H](OC[C@@H](O)CN1CCC(C(O)(c2ccccc2)c2ccccc2)CC1)c1ccc(Cl)cc1. The summed E-state index contributed by atoms with van der Waals surface area (Å²) >= 11 is 5.96. The molecule has 0 amide bonds. The second-order valence-electron chi connectivity index (χ2n) is 9.25. The van der Waals surface area contributed by atoms with Crippen molar-refractivity contribution in [2.24, 2.45) is 5.92 Å². The standard InChI is InChI=1S/C29H34ClNO3/c1-22(23-12-14-27(30)15-13-23)34-21-28(32)20-31-18-16-26(17-19-31)29(33,24-8-4-2-5-9-24)25-10-6-3-7-11-25/h2-15,22,26,28,32-33H,16-21H2,1H3/t22-,28-/m0/s1. The van der Waals surface area contributed by atoms with E-state index in [9.17, 15) is 10.2 Å². The number of benzene rings is 3. The van der Waals surface area contributed by atoms with Gasteiger partial charge in [0.2, 0.25) is 0 Å². The summed E-state index contributed by atoms with van der Waals surface area (Å²) in [5.74, 6) is 0.104. The molecule has 2 N–H and O–H groups in total. The van der Waals surface area contributed by atoms with E-state index >= 15 is 0 Å². The van der Waals surface area contributed by atoms with Gasteiger partial charge in [-0.15, -0.1) is 0 Å². The second kappa shape index (κ2) is 11.5. The largest absolute Gasteiger partial charge is 0.389 e. The minimum absolute atomic E-state index is 0.104. The van der Waals surface area contributed by atoms with E-state index in [1.165, 1.54) is 0 Å². The minimum Gasteiger partial charge on any atom is -0.389 e. The summed E-state index contributed by atoms with van der Waals surface area (Å²) in [6.45, 7) is 4.49. The molecule has 34 heavy (non-hydrogen) atoms. The van der Waals surface area contributed by atoms with Crippen molar-refractivity contribution >= 4 is 11.6 Å². The Balaban J connectivity index is 1.33. The summed E-state index contributed by atoms with van der Waals surface area (Å²) in [7, 11) is 0. The monoisotopic (exact) mass is 479 g/mol. The van der Waals surface area contributed by atoms with Crippen LogP contribution in [-0.2, 0) is 10.3 Å². The van der Waals surface area contributed by atoms with E-state index in [0.29, 0.717) is 11.6 Å². The van der Waals surface area contributed by atoms with Gasteiger partial charge in [0.1, 0.15) is 5.60 Å². The highest BCUT2D eigenvalue weighted by Gasteiger charge is 2.41. The molecule has 2 atom stereocenters. The topological polar surface area (TPSA) is 52.9 Å². The molecule has 5 heteroatoms. The van der Waals surface area contributed by atoms with Gasteiger partial charge < -0.3 is 19.8 Å². The van der Waals surface area contributed by atoms with Crippen LogP contribution < -0.4 is 0 Å². The van der Waals surface area contributed by atoms with Crippen LogP contribution in [0.25, 0.3) is 0 Å². The van der Waals surface area contributed by atoms with Crippen molar-refractivity contribution in [3.8, 4) is 0 Å². The molecule has 0 radical (unpaired) electrons. The number of nitrogens with zero attached hydrogens (tertiary/aromatic N) is 1. The lowest BCUT2D eigenvalue weighted by molar-refractivity contribution is -0.0373. The lowest BCUT2D eigenvalue weighted by Gasteiger charge is -2.42. The number of piperidine rings is 1. The van der Waals surface area contributed by atoms with Crippen molar-refractivity contribution in [1.82, 2.24) is 4.90 Å². The van der Waals surface area contributed by atoms with Crippen molar-refractivity contribution in [3.05, 3.63) is 107 Å². The molecule has 0 unspecified atom stereocenters.